The number of likely N-dealkylation sites (N-methyl/N-ethyl adjacent to an activating group) is 1. The van der Waals surface area contributed by atoms with Crippen LogP contribution in [0.1, 0.15) is 23.7 Å². The fourth-order valence-corrected chi connectivity index (χ4v) is 4.47. The second-order valence-electron chi connectivity index (χ2n) is 9.23. The molecule has 1 amide bonds. The summed E-state index contributed by atoms with van der Waals surface area (Å²) in [6.07, 6.45) is 1.15. The van der Waals surface area contributed by atoms with Gasteiger partial charge in [0.05, 0.1) is 18.0 Å². The third-order valence-corrected chi connectivity index (χ3v) is 6.57. The molecule has 2 aliphatic heterocycles. The number of aromatic amines is 1. The maximum absolute atomic E-state index is 12.6. The molecule has 35 heavy (non-hydrogen) atoms. The highest BCUT2D eigenvalue weighted by atomic mass is 16.6. The van der Waals surface area contributed by atoms with Crippen molar-refractivity contribution in [3.05, 3.63) is 70.1 Å². The van der Waals surface area contributed by atoms with E-state index in [2.05, 4.69) is 34.0 Å². The summed E-state index contributed by atoms with van der Waals surface area (Å²) >= 11 is 0. The number of aryl methyl sites for hydroxylation is 1. The molecule has 0 aliphatic carbocycles. The van der Waals surface area contributed by atoms with Gasteiger partial charge in [-0.25, -0.2) is 4.79 Å². The number of aromatic nitrogens is 2. The number of nitrogens with one attached hydrogen (secondary N) is 1. The number of epoxide rings is 1. The average Bonchev–Trinajstić information content (AvgIpc) is 3.71. The highest BCUT2D eigenvalue weighted by Crippen LogP contribution is 2.34. The fraction of sp³-hybridized carbons (Fsp3) is 0.370. The molecule has 8 heteroatoms. The smallest absolute Gasteiger partial charge is 0.345 e. The Morgan fingerprint density at radius 1 is 1.11 bits per heavy atom. The lowest BCUT2D eigenvalue weighted by molar-refractivity contribution is -0.133. The first-order valence-electron chi connectivity index (χ1n) is 12.0. The van der Waals surface area contributed by atoms with Crippen molar-refractivity contribution in [2.45, 2.75) is 19.4 Å². The van der Waals surface area contributed by atoms with Gasteiger partial charge in [0.25, 0.3) is 5.91 Å². The van der Waals surface area contributed by atoms with Crippen LogP contribution in [-0.4, -0.2) is 72.1 Å². The molecule has 0 spiro atoms. The minimum Gasteiger partial charge on any atom is -0.484 e. The summed E-state index contributed by atoms with van der Waals surface area (Å²) in [6, 6.07) is 15.3. The highest BCUT2D eigenvalue weighted by molar-refractivity contribution is 5.78. The highest BCUT2D eigenvalue weighted by Gasteiger charge is 2.26. The van der Waals surface area contributed by atoms with Crippen molar-refractivity contribution in [3.8, 4) is 28.3 Å². The molecular weight excluding hydrogens is 444 g/mol. The maximum Gasteiger partial charge on any atom is 0.345 e. The van der Waals surface area contributed by atoms with Crippen LogP contribution in [0.15, 0.2) is 53.3 Å². The molecule has 8 nitrogen and oxygen atoms in total. The van der Waals surface area contributed by atoms with Crippen LogP contribution in [0.4, 0.5) is 0 Å². The van der Waals surface area contributed by atoms with E-state index in [4.69, 9.17) is 9.47 Å². The molecule has 1 atom stereocenters. The Morgan fingerprint density at radius 3 is 2.77 bits per heavy atom. The van der Waals surface area contributed by atoms with Gasteiger partial charge in [-0.3, -0.25) is 4.79 Å². The van der Waals surface area contributed by atoms with Crippen molar-refractivity contribution in [2.24, 2.45) is 0 Å². The van der Waals surface area contributed by atoms with Crippen LogP contribution in [0.25, 0.3) is 22.5 Å². The Labute approximate surface area is 204 Å². The SMILES string of the molecule is Cc1cc(-c2cc(-c3cccc(OCC(=O)N4CCCN(C)CC4)c3)nc(=O)[nH]2)ccc1C1CO1. The Morgan fingerprint density at radius 2 is 1.97 bits per heavy atom. The molecule has 1 unspecified atom stereocenters. The van der Waals surface area contributed by atoms with Gasteiger partial charge in [-0.15, -0.1) is 0 Å². The Kier molecular flexibility index (Phi) is 6.66. The van der Waals surface area contributed by atoms with E-state index >= 15 is 0 Å². The minimum absolute atomic E-state index is 0.0160. The predicted molar refractivity (Wildman–Crippen MR) is 133 cm³/mol. The number of hydrogen-bond acceptors (Lipinski definition) is 6. The molecule has 5 rings (SSSR count). The number of H-pyrrole nitrogens is 1. The number of rotatable bonds is 6. The van der Waals surface area contributed by atoms with Gasteiger partial charge in [-0.1, -0.05) is 24.3 Å². The van der Waals surface area contributed by atoms with E-state index in [0.29, 0.717) is 23.7 Å². The van der Waals surface area contributed by atoms with E-state index in [1.54, 1.807) is 0 Å². The molecule has 0 radical (unpaired) electrons. The summed E-state index contributed by atoms with van der Waals surface area (Å²) < 4.78 is 11.2. The molecule has 3 heterocycles. The van der Waals surface area contributed by atoms with Gasteiger partial charge in [0.2, 0.25) is 0 Å². The zero-order chi connectivity index (χ0) is 24.4. The van der Waals surface area contributed by atoms with Crippen LogP contribution < -0.4 is 10.4 Å². The first kappa shape index (κ1) is 23.3. The molecule has 0 saturated carbocycles. The molecule has 3 aromatic rings. The van der Waals surface area contributed by atoms with E-state index in [9.17, 15) is 9.59 Å². The molecule has 2 fully saturated rings. The second-order valence-corrected chi connectivity index (χ2v) is 9.23. The van der Waals surface area contributed by atoms with Gasteiger partial charge < -0.3 is 24.3 Å². The normalized spacial score (nSPS) is 18.2. The van der Waals surface area contributed by atoms with Gasteiger partial charge in [0.1, 0.15) is 11.9 Å². The van der Waals surface area contributed by atoms with Gasteiger partial charge >= 0.3 is 5.69 Å². The lowest BCUT2D eigenvalue weighted by Crippen LogP contribution is -2.37. The molecule has 0 bridgehead atoms. The van der Waals surface area contributed by atoms with Crippen LogP contribution >= 0.6 is 0 Å². The van der Waals surface area contributed by atoms with Crippen LogP contribution in [-0.2, 0) is 9.53 Å². The summed E-state index contributed by atoms with van der Waals surface area (Å²) in [5.41, 5.74) is 4.78. The van der Waals surface area contributed by atoms with E-state index in [1.807, 2.05) is 48.2 Å². The van der Waals surface area contributed by atoms with Crippen molar-refractivity contribution >= 4 is 5.91 Å². The standard InChI is InChI=1S/C27H30N4O4/c1-18-13-20(7-8-22(18)25-16-35-25)24-15-23(28-27(33)29-24)19-5-3-6-21(14-19)34-17-26(32)31-10-4-9-30(2)11-12-31/h3,5-8,13-15,25H,4,9-12,16-17H2,1-2H3,(H,28,29,33). The largest absolute Gasteiger partial charge is 0.484 e. The van der Waals surface area contributed by atoms with Gasteiger partial charge in [-0.2, -0.15) is 4.98 Å². The molecule has 182 valence electrons. The second kappa shape index (κ2) is 10.0. The van der Waals surface area contributed by atoms with E-state index < -0.39 is 5.69 Å². The summed E-state index contributed by atoms with van der Waals surface area (Å²) in [4.78, 5) is 36.1. The van der Waals surface area contributed by atoms with Gasteiger partial charge in [-0.05, 0) is 67.9 Å². The third kappa shape index (κ3) is 5.61. The van der Waals surface area contributed by atoms with Crippen LogP contribution in [0.3, 0.4) is 0 Å². The summed E-state index contributed by atoms with van der Waals surface area (Å²) in [7, 11) is 2.07. The molecular formula is C27H30N4O4. The first-order valence-corrected chi connectivity index (χ1v) is 12.0. The molecule has 1 aromatic heterocycles. The van der Waals surface area contributed by atoms with Crippen molar-refractivity contribution in [2.75, 3.05) is 46.4 Å². The molecule has 1 N–H and O–H groups in total. The number of amides is 1. The van der Waals surface area contributed by atoms with Gasteiger partial charge in [0.15, 0.2) is 6.61 Å². The topological polar surface area (TPSA) is 91.1 Å². The quantitative estimate of drug-likeness (QED) is 0.553. The summed E-state index contributed by atoms with van der Waals surface area (Å²) in [5, 5.41) is 0. The van der Waals surface area contributed by atoms with E-state index in [0.717, 1.165) is 49.4 Å². The Bertz CT molecular complexity index is 1280. The lowest BCUT2D eigenvalue weighted by atomic mass is 10.0. The minimum atomic E-state index is -0.419. The third-order valence-electron chi connectivity index (χ3n) is 6.57. The van der Waals surface area contributed by atoms with Crippen molar-refractivity contribution in [1.82, 2.24) is 19.8 Å². The zero-order valence-corrected chi connectivity index (χ0v) is 20.1. The summed E-state index contributed by atoms with van der Waals surface area (Å²) in [6.45, 7) is 6.12. The fourth-order valence-electron chi connectivity index (χ4n) is 4.47. The monoisotopic (exact) mass is 474 g/mol. The Hall–Kier alpha value is -3.49. The molecule has 2 aromatic carbocycles. The lowest BCUT2D eigenvalue weighted by Gasteiger charge is -2.20. The number of carbonyl (C=O) groups excluding carboxylic acids is 1. The predicted octanol–water partition coefficient (Wildman–Crippen LogP) is 3.03. The van der Waals surface area contributed by atoms with E-state index in [-0.39, 0.29) is 18.6 Å². The average molecular weight is 475 g/mol. The van der Waals surface area contributed by atoms with Crippen molar-refractivity contribution in [1.29, 1.82) is 0 Å². The Balaban J connectivity index is 1.32. The maximum atomic E-state index is 12.6. The number of benzene rings is 2. The number of ether oxygens (including phenoxy) is 2. The van der Waals surface area contributed by atoms with Crippen LogP contribution in [0, 0.1) is 6.92 Å². The molecule has 2 saturated heterocycles. The van der Waals surface area contributed by atoms with E-state index in [1.165, 1.54) is 5.56 Å². The first-order chi connectivity index (χ1) is 17.0. The molecule has 2 aliphatic rings. The van der Waals surface area contributed by atoms with Crippen molar-refractivity contribution < 1.29 is 14.3 Å². The number of nitrogens with zero attached hydrogens (tertiary/aromatic N) is 3. The zero-order valence-electron chi connectivity index (χ0n) is 20.1. The van der Waals surface area contributed by atoms with Gasteiger partial charge in [0, 0.05) is 25.2 Å². The van der Waals surface area contributed by atoms with Crippen molar-refractivity contribution in [3.63, 3.8) is 0 Å². The van der Waals surface area contributed by atoms with Crippen LogP contribution in [0.5, 0.6) is 5.75 Å². The number of hydrogen-bond donors (Lipinski definition) is 1. The van der Waals surface area contributed by atoms with Crippen LogP contribution in [0.2, 0.25) is 0 Å². The summed E-state index contributed by atoms with van der Waals surface area (Å²) in [5.74, 6) is 0.550. The number of carbonyl (C=O) groups is 1.